The number of halogens is 2. The van der Waals surface area contributed by atoms with Gasteiger partial charge >= 0.3 is 0 Å². The molecule has 2 heterocycles. The third kappa shape index (κ3) is 10.5. The standard InChI is InChI=1S/C31H40F2N6OS/c1-6-18-39(20-15-22(2)30(40)25-8-7-17-34-21-25)41-27-12-10-26(11-13-27)36-31-37-29(16-19-38(31)5)35-23(3)9-14-28(33)24(4)32/h7-14,16-17,19,21-22,30-31,36,40H,4,6,15,18,20H2,1-3,5H3,(H,35,37)/b23-9+,28-14+. The number of anilines is 1. The van der Waals surface area contributed by atoms with Crippen LogP contribution in [0.1, 0.15) is 45.3 Å². The van der Waals surface area contributed by atoms with Gasteiger partial charge in [-0.15, -0.1) is 0 Å². The second kappa shape index (κ2) is 16.1. The van der Waals surface area contributed by atoms with E-state index in [1.807, 2.05) is 48.5 Å². The maximum absolute atomic E-state index is 13.4. The highest BCUT2D eigenvalue weighted by Crippen LogP contribution is 2.28. The van der Waals surface area contributed by atoms with Crippen molar-refractivity contribution in [3.8, 4) is 0 Å². The fraction of sp³-hybridized carbons (Fsp3) is 0.355. The first-order valence-corrected chi connectivity index (χ1v) is 14.4. The summed E-state index contributed by atoms with van der Waals surface area (Å²) < 4.78 is 28.5. The number of aliphatic imine (C=N–C) groups is 1. The Morgan fingerprint density at radius 2 is 1.98 bits per heavy atom. The number of hydrogen-bond donors (Lipinski definition) is 3. The molecule has 3 N–H and O–H groups in total. The van der Waals surface area contributed by atoms with Crippen molar-refractivity contribution in [3.05, 3.63) is 103 Å². The quantitative estimate of drug-likeness (QED) is 0.165. The Hall–Kier alpha value is -3.47. The smallest absolute Gasteiger partial charge is 0.198 e. The first-order valence-electron chi connectivity index (χ1n) is 13.7. The van der Waals surface area contributed by atoms with E-state index in [1.165, 1.54) is 6.08 Å². The van der Waals surface area contributed by atoms with Crippen LogP contribution in [0.2, 0.25) is 0 Å². The molecule has 1 aliphatic heterocycles. The molecule has 0 saturated carbocycles. The molecule has 0 bridgehead atoms. The van der Waals surface area contributed by atoms with Crippen molar-refractivity contribution < 1.29 is 13.9 Å². The van der Waals surface area contributed by atoms with Gasteiger partial charge in [-0.1, -0.05) is 26.5 Å². The van der Waals surface area contributed by atoms with Gasteiger partial charge in [-0.25, -0.2) is 18.1 Å². The number of aliphatic hydroxyl groups is 1. The summed E-state index contributed by atoms with van der Waals surface area (Å²) in [5, 5.41) is 17.2. The van der Waals surface area contributed by atoms with Gasteiger partial charge in [0.25, 0.3) is 0 Å². The second-order valence-electron chi connectivity index (χ2n) is 9.95. The highest BCUT2D eigenvalue weighted by atomic mass is 32.2. The minimum absolute atomic E-state index is 0.110. The van der Waals surface area contributed by atoms with E-state index in [1.54, 1.807) is 31.3 Å². The molecule has 0 radical (unpaired) electrons. The molecule has 3 rings (SSSR count). The lowest BCUT2D eigenvalue weighted by atomic mass is 9.96. The summed E-state index contributed by atoms with van der Waals surface area (Å²) >= 11 is 1.72. The number of nitrogens with zero attached hydrogens (tertiary/aromatic N) is 4. The summed E-state index contributed by atoms with van der Waals surface area (Å²) in [4.78, 5) is 11.9. The maximum atomic E-state index is 13.4. The zero-order valence-electron chi connectivity index (χ0n) is 24.1. The lowest BCUT2D eigenvalue weighted by Gasteiger charge is -2.29. The first-order chi connectivity index (χ1) is 19.7. The van der Waals surface area contributed by atoms with Crippen molar-refractivity contribution in [3.63, 3.8) is 0 Å². The second-order valence-corrected chi connectivity index (χ2v) is 11.1. The molecule has 0 saturated heterocycles. The molecule has 0 aliphatic carbocycles. The topological polar surface area (TPSA) is 76.0 Å². The van der Waals surface area contributed by atoms with Crippen LogP contribution in [-0.2, 0) is 0 Å². The minimum atomic E-state index is -1.11. The van der Waals surface area contributed by atoms with Gasteiger partial charge < -0.3 is 20.6 Å². The molecule has 2 aromatic rings. The number of aliphatic hydroxyl groups excluding tert-OH is 1. The fourth-order valence-corrected chi connectivity index (χ4v) is 5.05. The molecule has 1 aromatic heterocycles. The van der Waals surface area contributed by atoms with Gasteiger partial charge in [-0.05, 0) is 91.8 Å². The Bertz CT molecular complexity index is 1250. The molecule has 0 spiro atoms. The monoisotopic (exact) mass is 582 g/mol. The van der Waals surface area contributed by atoms with E-state index in [0.29, 0.717) is 11.5 Å². The summed E-state index contributed by atoms with van der Waals surface area (Å²) in [6.45, 7) is 10.7. The average Bonchev–Trinajstić information content (AvgIpc) is 2.97. The van der Waals surface area contributed by atoms with E-state index in [9.17, 15) is 13.9 Å². The predicted molar refractivity (Wildman–Crippen MR) is 165 cm³/mol. The van der Waals surface area contributed by atoms with Crippen LogP contribution >= 0.6 is 11.9 Å². The van der Waals surface area contributed by atoms with Gasteiger partial charge in [0.2, 0.25) is 0 Å². The number of pyridine rings is 1. The first kappa shape index (κ1) is 32.0. The van der Waals surface area contributed by atoms with Crippen LogP contribution in [0.5, 0.6) is 0 Å². The van der Waals surface area contributed by atoms with Gasteiger partial charge in [-0.2, -0.15) is 0 Å². The van der Waals surface area contributed by atoms with Crippen molar-refractivity contribution in [2.75, 3.05) is 25.5 Å². The van der Waals surface area contributed by atoms with Gasteiger partial charge in [-0.3, -0.25) is 4.98 Å². The number of rotatable bonds is 14. The molecule has 3 unspecified atom stereocenters. The third-order valence-corrected chi connectivity index (χ3v) is 7.54. The molecule has 0 fully saturated rings. The lowest BCUT2D eigenvalue weighted by molar-refractivity contribution is 0.109. The molecule has 3 atom stereocenters. The number of benzene rings is 1. The average molecular weight is 583 g/mol. The molecule has 220 valence electrons. The van der Waals surface area contributed by atoms with Crippen molar-refractivity contribution in [2.45, 2.75) is 50.9 Å². The van der Waals surface area contributed by atoms with Gasteiger partial charge in [0.15, 0.2) is 17.9 Å². The Balaban J connectivity index is 1.56. The van der Waals surface area contributed by atoms with Crippen molar-refractivity contribution in [1.29, 1.82) is 0 Å². The molecule has 10 heteroatoms. The lowest BCUT2D eigenvalue weighted by Crippen LogP contribution is -2.38. The molecule has 41 heavy (non-hydrogen) atoms. The van der Waals surface area contributed by atoms with Crippen LogP contribution in [0.4, 0.5) is 14.5 Å². The summed E-state index contributed by atoms with van der Waals surface area (Å²) in [5.41, 5.74) is 2.37. The Labute approximate surface area is 246 Å². The summed E-state index contributed by atoms with van der Waals surface area (Å²) in [6.07, 6.45) is 10.6. The van der Waals surface area contributed by atoms with Crippen molar-refractivity contribution in [2.24, 2.45) is 10.9 Å². The Kier molecular flexibility index (Phi) is 12.6. The van der Waals surface area contributed by atoms with Crippen molar-refractivity contribution in [1.82, 2.24) is 19.5 Å². The molecule has 0 amide bonds. The number of allylic oxidation sites excluding steroid dienone is 5. The van der Waals surface area contributed by atoms with E-state index in [-0.39, 0.29) is 12.2 Å². The zero-order valence-corrected chi connectivity index (χ0v) is 24.9. The van der Waals surface area contributed by atoms with Crippen LogP contribution in [0.25, 0.3) is 0 Å². The van der Waals surface area contributed by atoms with Gasteiger partial charge in [0, 0.05) is 55.0 Å². The largest absolute Gasteiger partial charge is 0.388 e. The molecule has 1 aliphatic rings. The highest BCUT2D eigenvalue weighted by Gasteiger charge is 2.19. The maximum Gasteiger partial charge on any atom is 0.198 e. The van der Waals surface area contributed by atoms with Crippen LogP contribution < -0.4 is 10.6 Å². The molecule has 7 nitrogen and oxygen atoms in total. The van der Waals surface area contributed by atoms with Crippen LogP contribution in [0, 0.1) is 5.92 Å². The minimum Gasteiger partial charge on any atom is -0.388 e. The molecule has 1 aromatic carbocycles. The predicted octanol–water partition coefficient (Wildman–Crippen LogP) is 6.94. The van der Waals surface area contributed by atoms with Gasteiger partial charge in [0.05, 0.1) is 6.10 Å². The van der Waals surface area contributed by atoms with Crippen LogP contribution in [-0.4, -0.2) is 51.6 Å². The normalized spacial score (nSPS) is 17.3. The van der Waals surface area contributed by atoms with E-state index in [2.05, 4.69) is 57.5 Å². The third-order valence-electron chi connectivity index (χ3n) is 6.44. The van der Waals surface area contributed by atoms with E-state index in [0.717, 1.165) is 48.2 Å². The molecular formula is C31H40F2N6OS. The number of amidine groups is 1. The van der Waals surface area contributed by atoms with E-state index < -0.39 is 17.8 Å². The molecular weight excluding hydrogens is 542 g/mol. The fourth-order valence-electron chi connectivity index (χ4n) is 4.02. The van der Waals surface area contributed by atoms with Crippen LogP contribution in [0.15, 0.2) is 107 Å². The summed E-state index contributed by atoms with van der Waals surface area (Å²) in [5.74, 6) is -1.42. The highest BCUT2D eigenvalue weighted by molar-refractivity contribution is 7.97. The SMILES string of the molecule is C=C(F)/C(F)=C\C=C(/C)NC1=NC(Nc2ccc(SN(CCC)CCC(C)C(O)c3cccnc3)cc2)N(C)C=C1. The summed E-state index contributed by atoms with van der Waals surface area (Å²) in [6, 6.07) is 12.0. The van der Waals surface area contributed by atoms with E-state index >= 15 is 0 Å². The number of hydrogen-bond acceptors (Lipinski definition) is 8. The van der Waals surface area contributed by atoms with Crippen molar-refractivity contribution >= 4 is 23.5 Å². The van der Waals surface area contributed by atoms with E-state index in [4.69, 9.17) is 0 Å². The van der Waals surface area contributed by atoms with Gasteiger partial charge in [0.1, 0.15) is 5.84 Å². The zero-order chi connectivity index (χ0) is 29.8. The summed E-state index contributed by atoms with van der Waals surface area (Å²) in [7, 11) is 1.92. The number of nitrogens with one attached hydrogen (secondary N) is 2. The Morgan fingerprint density at radius 1 is 1.22 bits per heavy atom. The number of aromatic nitrogens is 1. The van der Waals surface area contributed by atoms with Crippen LogP contribution in [0.3, 0.4) is 0 Å². The Morgan fingerprint density at radius 3 is 2.63 bits per heavy atom.